The second-order valence-corrected chi connectivity index (χ2v) is 1.07. The van der Waals surface area contributed by atoms with Gasteiger partial charge < -0.3 is 0 Å². The van der Waals surface area contributed by atoms with Crippen LogP contribution in [0, 0.1) is 0 Å². The number of hydrogen-bond acceptors (Lipinski definition) is 2. The van der Waals surface area contributed by atoms with Gasteiger partial charge >= 0.3 is 0 Å². The molecule has 1 radical (unpaired) electrons. The molecule has 0 heterocycles. The molecule has 0 aliphatic heterocycles. The van der Waals surface area contributed by atoms with Gasteiger partial charge in [-0.25, -0.2) is 0 Å². The minimum absolute atomic E-state index is 0.472. The molecule has 0 aromatic heterocycles. The first-order valence-corrected chi connectivity index (χ1v) is 1.81. The van der Waals surface area contributed by atoms with E-state index < -0.39 is 5.05 Å². The first kappa shape index (κ1) is 4.98. The van der Waals surface area contributed by atoms with Crippen molar-refractivity contribution in [2.24, 2.45) is 0 Å². The van der Waals surface area contributed by atoms with Crippen LogP contribution in [0.2, 0.25) is 0 Å². The maximum Gasteiger partial charge on any atom is 0.252 e. The second kappa shape index (κ2) is 2.23. The average Bonchev–Trinajstić information content (AvgIpc) is 1.38. The molecular weight excluding hydrogens is 104 g/mol. The Morgan fingerprint density at radius 2 is 2.00 bits per heavy atom. The Morgan fingerprint density at radius 1 is 1.80 bits per heavy atom. The monoisotopic (exact) mass is 105 g/mol. The van der Waals surface area contributed by atoms with Crippen LogP contribution in [-0.4, -0.2) is 10.4 Å². The zero-order valence-corrected chi connectivity index (χ0v) is 3.94. The largest absolute Gasteiger partial charge is 0.276 e. The summed E-state index contributed by atoms with van der Waals surface area (Å²) in [5.41, 5.74) is 0. The number of thiocarbonyl (C=S) groups is 2. The van der Waals surface area contributed by atoms with Gasteiger partial charge in [0.2, 0.25) is 0 Å². The molecule has 3 heteroatoms. The lowest BCUT2D eigenvalue weighted by molar-refractivity contribution is 0.452. The van der Waals surface area contributed by atoms with E-state index in [2.05, 4.69) is 24.4 Å². The van der Waals surface area contributed by atoms with Crippen LogP contribution < -0.4 is 0 Å². The summed E-state index contributed by atoms with van der Waals surface area (Å²) in [6.07, 6.45) is 0. The molecule has 0 fully saturated rings. The van der Waals surface area contributed by atoms with E-state index in [1.165, 1.54) is 0 Å². The third-order valence-electron chi connectivity index (χ3n) is 0.0962. The topological polar surface area (TPSA) is 19.9 Å². The molecule has 0 aromatic carbocycles. The molecule has 0 amide bonds. The SMILES string of the molecule is [O]C(=S)C=S. The summed E-state index contributed by atoms with van der Waals surface area (Å²) < 4.78 is 0. The van der Waals surface area contributed by atoms with Crippen LogP contribution in [0.4, 0.5) is 0 Å². The van der Waals surface area contributed by atoms with Crippen molar-refractivity contribution in [1.29, 1.82) is 0 Å². The maximum atomic E-state index is 9.47. The van der Waals surface area contributed by atoms with Crippen molar-refractivity contribution in [2.75, 3.05) is 0 Å². The Labute approximate surface area is 40.6 Å². The summed E-state index contributed by atoms with van der Waals surface area (Å²) in [7, 11) is 0. The molecule has 27 valence electrons. The van der Waals surface area contributed by atoms with E-state index in [0.717, 1.165) is 5.37 Å². The molecule has 5 heavy (non-hydrogen) atoms. The highest BCUT2D eigenvalue weighted by Gasteiger charge is 1.74. The molecule has 0 saturated heterocycles. The van der Waals surface area contributed by atoms with Crippen LogP contribution in [0.5, 0.6) is 0 Å². The van der Waals surface area contributed by atoms with Gasteiger partial charge in [0.1, 0.15) is 0 Å². The molecule has 0 bridgehead atoms. The Kier molecular flexibility index (Phi) is 2.22. The highest BCUT2D eigenvalue weighted by atomic mass is 32.1. The molecule has 0 unspecified atom stereocenters. The van der Waals surface area contributed by atoms with Crippen molar-refractivity contribution in [1.82, 2.24) is 0 Å². The van der Waals surface area contributed by atoms with Crippen LogP contribution in [0.1, 0.15) is 0 Å². The van der Waals surface area contributed by atoms with Crippen LogP contribution in [0.25, 0.3) is 0 Å². The normalized spacial score (nSPS) is 6.40. The minimum Gasteiger partial charge on any atom is -0.276 e. The zero-order valence-electron chi connectivity index (χ0n) is 2.30. The maximum absolute atomic E-state index is 9.47. The molecule has 0 saturated carbocycles. The van der Waals surface area contributed by atoms with Gasteiger partial charge in [0.05, 0.1) is 5.37 Å². The smallest absolute Gasteiger partial charge is 0.252 e. The van der Waals surface area contributed by atoms with Gasteiger partial charge in [-0.15, -0.1) is 0 Å². The zero-order chi connectivity index (χ0) is 4.28. The Morgan fingerprint density at radius 3 is 2.00 bits per heavy atom. The summed E-state index contributed by atoms with van der Waals surface area (Å²) >= 11 is 8.08. The summed E-state index contributed by atoms with van der Waals surface area (Å²) in [6, 6.07) is 0. The number of hydrogen-bond donors (Lipinski definition) is 0. The van der Waals surface area contributed by atoms with Crippen molar-refractivity contribution in [3.8, 4) is 0 Å². The van der Waals surface area contributed by atoms with E-state index in [4.69, 9.17) is 0 Å². The molecular formula is C2HOS2. The summed E-state index contributed by atoms with van der Waals surface area (Å²) in [4.78, 5) is 0. The lowest BCUT2D eigenvalue weighted by atomic mass is 10.9. The lowest BCUT2D eigenvalue weighted by Crippen LogP contribution is -1.82. The predicted molar refractivity (Wildman–Crippen MR) is 26.9 cm³/mol. The second-order valence-electron chi connectivity index (χ2n) is 0.437. The van der Waals surface area contributed by atoms with Crippen molar-refractivity contribution in [2.45, 2.75) is 0 Å². The Hall–Kier alpha value is -0.0200. The minimum atomic E-state index is -0.472. The van der Waals surface area contributed by atoms with Crippen molar-refractivity contribution in [3.05, 3.63) is 0 Å². The molecule has 0 aliphatic carbocycles. The molecule has 0 spiro atoms. The summed E-state index contributed by atoms with van der Waals surface area (Å²) in [5.74, 6) is 0. The lowest BCUT2D eigenvalue weighted by Gasteiger charge is -1.59. The molecule has 0 rings (SSSR count). The van der Waals surface area contributed by atoms with Gasteiger partial charge in [-0.05, 0) is 12.2 Å². The fourth-order valence-corrected chi connectivity index (χ4v) is 0. The van der Waals surface area contributed by atoms with Crippen LogP contribution in [0.3, 0.4) is 0 Å². The predicted octanol–water partition coefficient (Wildman–Crippen LogP) is 0.744. The number of rotatable bonds is 1. The van der Waals surface area contributed by atoms with Gasteiger partial charge in [-0.1, -0.05) is 12.2 Å². The van der Waals surface area contributed by atoms with Crippen molar-refractivity contribution < 1.29 is 5.11 Å². The van der Waals surface area contributed by atoms with Gasteiger partial charge in [0, 0.05) is 0 Å². The van der Waals surface area contributed by atoms with Crippen LogP contribution in [-0.2, 0) is 5.11 Å². The van der Waals surface area contributed by atoms with Gasteiger partial charge in [0.15, 0.2) is 0 Å². The van der Waals surface area contributed by atoms with E-state index in [-0.39, 0.29) is 0 Å². The van der Waals surface area contributed by atoms with Crippen molar-refractivity contribution >= 4 is 34.9 Å². The quantitative estimate of drug-likeness (QED) is 0.458. The average molecular weight is 105 g/mol. The highest BCUT2D eigenvalue weighted by Crippen LogP contribution is 1.59. The molecule has 0 aliphatic rings. The fourth-order valence-electron chi connectivity index (χ4n) is 0. The molecule has 1 nitrogen and oxygen atoms in total. The molecule has 0 atom stereocenters. The molecule has 0 aromatic rings. The Balaban J connectivity index is 3.20. The Bertz CT molecular complexity index is 58.7. The van der Waals surface area contributed by atoms with Crippen LogP contribution >= 0.6 is 24.4 Å². The van der Waals surface area contributed by atoms with Gasteiger partial charge in [-0.3, -0.25) is 5.11 Å². The first-order valence-electron chi connectivity index (χ1n) is 0.933. The highest BCUT2D eigenvalue weighted by molar-refractivity contribution is 7.87. The fraction of sp³-hybridized carbons (Fsp3) is 0. The van der Waals surface area contributed by atoms with E-state index in [1.807, 2.05) is 0 Å². The first-order chi connectivity index (χ1) is 2.27. The van der Waals surface area contributed by atoms with Crippen LogP contribution in [0.15, 0.2) is 0 Å². The van der Waals surface area contributed by atoms with E-state index in [9.17, 15) is 5.11 Å². The van der Waals surface area contributed by atoms with E-state index in [0.29, 0.717) is 0 Å². The third-order valence-corrected chi connectivity index (χ3v) is 0.577. The van der Waals surface area contributed by atoms with E-state index >= 15 is 0 Å². The third kappa shape index (κ3) is 3.98. The molecule has 0 N–H and O–H groups in total. The van der Waals surface area contributed by atoms with E-state index in [1.54, 1.807) is 0 Å². The summed E-state index contributed by atoms with van der Waals surface area (Å²) in [5, 5.41) is 9.92. The van der Waals surface area contributed by atoms with Crippen molar-refractivity contribution in [3.63, 3.8) is 0 Å². The summed E-state index contributed by atoms with van der Waals surface area (Å²) in [6.45, 7) is 0. The van der Waals surface area contributed by atoms with Gasteiger partial charge in [-0.2, -0.15) is 0 Å². The van der Waals surface area contributed by atoms with Gasteiger partial charge in [0.25, 0.3) is 5.05 Å². The standard InChI is InChI=1S/C2HOS2/c3-2(5)1-4/h1H.